The number of anilines is 1. The summed E-state index contributed by atoms with van der Waals surface area (Å²) >= 11 is 0. The van der Waals surface area contributed by atoms with Crippen LogP contribution in [0.15, 0.2) is 12.1 Å². The van der Waals surface area contributed by atoms with Crippen LogP contribution in [-0.2, 0) is 6.42 Å². The average Bonchev–Trinajstić information content (AvgIpc) is 3.01. The van der Waals surface area contributed by atoms with E-state index in [0.29, 0.717) is 49.2 Å². The Morgan fingerprint density at radius 3 is 3.00 bits per heavy atom. The molecule has 0 bridgehead atoms. The fourth-order valence-electron chi connectivity index (χ4n) is 4.23. The summed E-state index contributed by atoms with van der Waals surface area (Å²) in [5.74, 6) is 0.290. The van der Waals surface area contributed by atoms with E-state index in [0.717, 1.165) is 24.0 Å². The minimum Gasteiger partial charge on any atom is -0.492 e. The number of aliphatic hydroxyl groups excluding tert-OH is 1. The van der Waals surface area contributed by atoms with Crippen molar-refractivity contribution < 1.29 is 14.2 Å². The SMILES string of the molecule is CNC1CC(C)NC(Nc2cc3c(c(C4=CCNC[C@H](O)C4)c2F)OCC3)N1. The minimum absolute atomic E-state index is 0.153. The van der Waals surface area contributed by atoms with Crippen LogP contribution in [-0.4, -0.2) is 56.5 Å². The molecule has 1 aromatic rings. The molecule has 4 atom stereocenters. The first-order chi connectivity index (χ1) is 13.5. The van der Waals surface area contributed by atoms with E-state index in [-0.39, 0.29) is 18.3 Å². The van der Waals surface area contributed by atoms with Gasteiger partial charge >= 0.3 is 0 Å². The molecule has 28 heavy (non-hydrogen) atoms. The van der Waals surface area contributed by atoms with Gasteiger partial charge in [-0.2, -0.15) is 0 Å². The number of β-amino-alcohol motifs (C(OH)–C–C–N with tert-alkyl or cyclic N) is 1. The smallest absolute Gasteiger partial charge is 0.157 e. The van der Waals surface area contributed by atoms with E-state index in [2.05, 4.69) is 33.5 Å². The summed E-state index contributed by atoms with van der Waals surface area (Å²) in [5.41, 5.74) is 2.72. The fraction of sp³-hybridized carbons (Fsp3) is 0.600. The molecule has 154 valence electrons. The minimum atomic E-state index is -0.541. The van der Waals surface area contributed by atoms with Crippen LogP contribution in [0.5, 0.6) is 5.75 Å². The first-order valence-electron chi connectivity index (χ1n) is 10.1. The van der Waals surface area contributed by atoms with Crippen molar-refractivity contribution in [2.75, 3.05) is 32.1 Å². The number of ether oxygens (including phenoxy) is 1. The van der Waals surface area contributed by atoms with Gasteiger partial charge in [-0.1, -0.05) is 6.08 Å². The Labute approximate surface area is 165 Å². The van der Waals surface area contributed by atoms with Crippen LogP contribution in [0.25, 0.3) is 5.57 Å². The highest BCUT2D eigenvalue weighted by Crippen LogP contribution is 2.41. The topological polar surface area (TPSA) is 89.6 Å². The average molecular weight is 391 g/mol. The van der Waals surface area contributed by atoms with Crippen molar-refractivity contribution in [1.82, 2.24) is 21.3 Å². The monoisotopic (exact) mass is 391 g/mol. The van der Waals surface area contributed by atoms with Crippen LogP contribution in [0.1, 0.15) is 30.9 Å². The zero-order chi connectivity index (χ0) is 19.7. The molecule has 6 N–H and O–H groups in total. The van der Waals surface area contributed by atoms with E-state index in [1.54, 1.807) is 0 Å². The molecule has 0 aromatic heterocycles. The van der Waals surface area contributed by atoms with Gasteiger partial charge in [0, 0.05) is 37.5 Å². The summed E-state index contributed by atoms with van der Waals surface area (Å²) in [6.45, 7) is 3.77. The van der Waals surface area contributed by atoms with Crippen molar-refractivity contribution in [3.05, 3.63) is 29.1 Å². The second-order valence-electron chi connectivity index (χ2n) is 7.83. The van der Waals surface area contributed by atoms with Crippen molar-refractivity contribution in [2.45, 2.75) is 50.8 Å². The summed E-state index contributed by atoms with van der Waals surface area (Å²) in [5, 5.41) is 26.6. The molecule has 1 fully saturated rings. The van der Waals surface area contributed by atoms with Gasteiger partial charge in [0.05, 0.1) is 30.1 Å². The number of fused-ring (bicyclic) bond motifs is 1. The van der Waals surface area contributed by atoms with Gasteiger partial charge in [-0.25, -0.2) is 4.39 Å². The Kier molecular flexibility index (Phi) is 5.84. The van der Waals surface area contributed by atoms with Crippen molar-refractivity contribution in [3.8, 4) is 5.75 Å². The van der Waals surface area contributed by atoms with Crippen LogP contribution < -0.4 is 31.3 Å². The third-order valence-electron chi connectivity index (χ3n) is 5.62. The van der Waals surface area contributed by atoms with Gasteiger partial charge in [0.2, 0.25) is 0 Å². The number of hydrogen-bond acceptors (Lipinski definition) is 7. The molecule has 3 heterocycles. The van der Waals surface area contributed by atoms with Crippen molar-refractivity contribution >= 4 is 11.3 Å². The van der Waals surface area contributed by atoms with Crippen molar-refractivity contribution in [2.24, 2.45) is 0 Å². The number of rotatable bonds is 4. The second-order valence-corrected chi connectivity index (χ2v) is 7.83. The highest BCUT2D eigenvalue weighted by molar-refractivity contribution is 5.77. The predicted molar refractivity (Wildman–Crippen MR) is 108 cm³/mol. The number of halogens is 1. The number of aliphatic hydroxyl groups is 1. The Bertz CT molecular complexity index is 757. The lowest BCUT2D eigenvalue weighted by Crippen LogP contribution is -2.63. The molecule has 0 amide bonds. The summed E-state index contributed by atoms with van der Waals surface area (Å²) in [4.78, 5) is 0. The Morgan fingerprint density at radius 2 is 2.18 bits per heavy atom. The Hall–Kier alpha value is -1.71. The Morgan fingerprint density at radius 1 is 1.32 bits per heavy atom. The molecule has 8 heteroatoms. The lowest BCUT2D eigenvalue weighted by Gasteiger charge is -2.37. The van der Waals surface area contributed by atoms with E-state index in [4.69, 9.17) is 4.74 Å². The van der Waals surface area contributed by atoms with Gasteiger partial charge < -0.3 is 25.8 Å². The first-order valence-corrected chi connectivity index (χ1v) is 10.1. The molecule has 0 saturated carbocycles. The van der Waals surface area contributed by atoms with Crippen molar-refractivity contribution in [3.63, 3.8) is 0 Å². The molecule has 1 saturated heterocycles. The highest BCUT2D eigenvalue weighted by atomic mass is 19.1. The van der Waals surface area contributed by atoms with Crippen molar-refractivity contribution in [1.29, 1.82) is 0 Å². The zero-order valence-corrected chi connectivity index (χ0v) is 16.4. The maximum Gasteiger partial charge on any atom is 0.157 e. The van der Waals surface area contributed by atoms with Gasteiger partial charge in [-0.15, -0.1) is 0 Å². The highest BCUT2D eigenvalue weighted by Gasteiger charge is 2.29. The summed E-state index contributed by atoms with van der Waals surface area (Å²) in [6.07, 6.45) is 3.42. The third-order valence-corrected chi connectivity index (χ3v) is 5.62. The molecule has 3 unspecified atom stereocenters. The van der Waals surface area contributed by atoms with E-state index in [9.17, 15) is 5.11 Å². The predicted octanol–water partition coefficient (Wildman–Crippen LogP) is 0.711. The van der Waals surface area contributed by atoms with Gasteiger partial charge in [-0.3, -0.25) is 10.6 Å². The molecule has 0 radical (unpaired) electrons. The second kappa shape index (κ2) is 8.34. The largest absolute Gasteiger partial charge is 0.492 e. The zero-order valence-electron chi connectivity index (χ0n) is 16.4. The van der Waals surface area contributed by atoms with Gasteiger partial charge in [0.1, 0.15) is 12.0 Å². The molecule has 3 aliphatic heterocycles. The third kappa shape index (κ3) is 4.01. The molecular weight excluding hydrogens is 361 g/mol. The summed E-state index contributed by atoms with van der Waals surface area (Å²) < 4.78 is 21.4. The first kappa shape index (κ1) is 19.6. The number of hydrogen-bond donors (Lipinski definition) is 6. The van der Waals surface area contributed by atoms with Gasteiger partial charge in [0.15, 0.2) is 5.82 Å². The van der Waals surface area contributed by atoms with Crippen LogP contribution in [0.3, 0.4) is 0 Å². The maximum absolute atomic E-state index is 15.6. The summed E-state index contributed by atoms with van der Waals surface area (Å²) in [6, 6.07) is 2.15. The number of benzene rings is 1. The Balaban J connectivity index is 1.66. The van der Waals surface area contributed by atoms with Crippen LogP contribution in [0.4, 0.5) is 10.1 Å². The van der Waals surface area contributed by atoms with Crippen LogP contribution in [0.2, 0.25) is 0 Å². The molecule has 7 nitrogen and oxygen atoms in total. The van der Waals surface area contributed by atoms with Crippen LogP contribution in [0, 0.1) is 5.82 Å². The fourth-order valence-corrected chi connectivity index (χ4v) is 4.23. The summed E-state index contributed by atoms with van der Waals surface area (Å²) in [7, 11) is 1.91. The molecular formula is C20H30FN5O2. The van der Waals surface area contributed by atoms with E-state index in [1.165, 1.54) is 0 Å². The lowest BCUT2D eigenvalue weighted by molar-refractivity contribution is 0.180. The van der Waals surface area contributed by atoms with E-state index >= 15 is 4.39 Å². The molecule has 1 aromatic carbocycles. The standard InChI is InChI=1S/C20H30FN5O2/c1-11-7-16(22-2)26-20(24-11)25-15-9-13-4-6-28-19(13)17(18(15)21)12-3-5-23-10-14(27)8-12/h3,9,11,14,16,20,22-27H,4-8,10H2,1-2H3/t11?,14-,16?,20?/m1/s1. The van der Waals surface area contributed by atoms with Gasteiger partial charge in [0.25, 0.3) is 0 Å². The quantitative estimate of drug-likeness (QED) is 0.451. The lowest BCUT2D eigenvalue weighted by atomic mass is 9.95. The van der Waals surface area contributed by atoms with E-state index < -0.39 is 6.10 Å². The molecule has 0 aliphatic carbocycles. The normalized spacial score (nSPS) is 30.2. The maximum atomic E-state index is 15.6. The van der Waals surface area contributed by atoms with Crippen LogP contribution >= 0.6 is 0 Å². The number of nitrogens with one attached hydrogen (secondary N) is 5. The molecule has 3 aliphatic rings. The van der Waals surface area contributed by atoms with E-state index in [1.807, 2.05) is 19.2 Å². The molecule has 4 rings (SSSR count). The molecule has 0 spiro atoms. The van der Waals surface area contributed by atoms with Gasteiger partial charge in [-0.05, 0) is 32.0 Å².